The Hall–Kier alpha value is -0.0400. The Bertz CT molecular complexity index is 655. The third kappa shape index (κ3) is 2.75. The van der Waals surface area contributed by atoms with Gasteiger partial charge in [-0.05, 0) is 110 Å². The first kappa shape index (κ1) is 21.8. The number of methoxy groups -OCH3 is 1. The molecule has 1 spiro atoms. The van der Waals surface area contributed by atoms with Crippen LogP contribution in [-0.2, 0) is 4.74 Å². The maximum Gasteiger partial charge on any atom is 0.0638 e. The minimum Gasteiger partial charge on any atom is -0.381 e. The molecule has 0 N–H and O–H groups in total. The van der Waals surface area contributed by atoms with Gasteiger partial charge in [0.25, 0.3) is 0 Å². The second kappa shape index (κ2) is 7.23. The second-order valence-corrected chi connectivity index (χ2v) is 13.7. The van der Waals surface area contributed by atoms with Crippen molar-refractivity contribution in [2.45, 2.75) is 112 Å². The van der Waals surface area contributed by atoms with Gasteiger partial charge in [0.2, 0.25) is 0 Å². The summed E-state index contributed by atoms with van der Waals surface area (Å²) < 4.78 is 6.31. The molecule has 0 heterocycles. The van der Waals surface area contributed by atoms with E-state index in [4.69, 9.17) is 4.74 Å². The van der Waals surface area contributed by atoms with Gasteiger partial charge in [-0.15, -0.1) is 0 Å². The molecule has 0 saturated heterocycles. The summed E-state index contributed by atoms with van der Waals surface area (Å²) in [5, 5.41) is 0. The minimum atomic E-state index is 0.557. The first-order valence-corrected chi connectivity index (χ1v) is 13.7. The van der Waals surface area contributed by atoms with Crippen molar-refractivity contribution in [3.63, 3.8) is 0 Å². The standard InChI is InChI=1S/C29H50O/c1-18(2)19(3)8-9-20(4)23-10-11-24-22-16-26(30-7)29-17-21(29)12-15-28(29,6)25(22)13-14-27(23,24)5/h18-26H,8-17H2,1-7H3/t19-,20-,21-,22+,23-,24+,25+,26-,27-,28-,29+/m1/s1. The summed E-state index contributed by atoms with van der Waals surface area (Å²) in [6, 6.07) is 0. The van der Waals surface area contributed by atoms with E-state index in [1.165, 1.54) is 64.2 Å². The molecular formula is C29H50O. The van der Waals surface area contributed by atoms with Crippen molar-refractivity contribution in [3.05, 3.63) is 0 Å². The number of ether oxygens (including phenoxy) is 1. The lowest BCUT2D eigenvalue weighted by Crippen LogP contribution is -2.57. The van der Waals surface area contributed by atoms with Gasteiger partial charge in [0.15, 0.2) is 0 Å². The smallest absolute Gasteiger partial charge is 0.0638 e. The van der Waals surface area contributed by atoms with Gasteiger partial charge in [-0.3, -0.25) is 0 Å². The maximum atomic E-state index is 6.31. The Morgan fingerprint density at radius 3 is 2.33 bits per heavy atom. The van der Waals surface area contributed by atoms with Crippen LogP contribution in [0.2, 0.25) is 0 Å². The monoisotopic (exact) mass is 414 g/mol. The predicted molar refractivity (Wildman–Crippen MR) is 126 cm³/mol. The fourth-order valence-corrected chi connectivity index (χ4v) is 10.6. The van der Waals surface area contributed by atoms with Crippen LogP contribution in [0.15, 0.2) is 0 Å². The predicted octanol–water partition coefficient (Wildman–Crippen LogP) is 7.98. The molecule has 0 bridgehead atoms. The highest BCUT2D eigenvalue weighted by Gasteiger charge is 2.77. The van der Waals surface area contributed by atoms with Gasteiger partial charge in [0, 0.05) is 12.5 Å². The second-order valence-electron chi connectivity index (χ2n) is 13.7. The highest BCUT2D eigenvalue weighted by Crippen LogP contribution is 2.82. The number of fused-ring (bicyclic) bond motifs is 4. The summed E-state index contributed by atoms with van der Waals surface area (Å²) >= 11 is 0. The molecule has 30 heavy (non-hydrogen) atoms. The third-order valence-electron chi connectivity index (χ3n) is 12.8. The lowest BCUT2D eigenvalue weighted by Gasteiger charge is -2.61. The van der Waals surface area contributed by atoms with Crippen molar-refractivity contribution in [1.29, 1.82) is 0 Å². The number of hydrogen-bond donors (Lipinski definition) is 0. The molecule has 0 aromatic rings. The SMILES string of the molecule is CO[C@@H]1C[C@H]2[C@@H]3CC[C@H]([C@H](C)CC[C@@H](C)C(C)C)[C@@]3(C)CC[C@@H]2[C@@]2(C)CC[C@@H]3C[C@]312. The van der Waals surface area contributed by atoms with Gasteiger partial charge in [0.05, 0.1) is 6.10 Å². The molecule has 0 amide bonds. The molecular weight excluding hydrogens is 364 g/mol. The number of rotatable bonds is 6. The first-order chi connectivity index (χ1) is 14.2. The molecule has 1 heteroatoms. The fourth-order valence-electron chi connectivity index (χ4n) is 10.6. The fraction of sp³-hybridized carbons (Fsp3) is 1.00. The molecule has 5 aliphatic carbocycles. The maximum absolute atomic E-state index is 6.31. The van der Waals surface area contributed by atoms with Crippen LogP contribution in [0.5, 0.6) is 0 Å². The van der Waals surface area contributed by atoms with E-state index in [0.717, 1.165) is 47.3 Å². The van der Waals surface area contributed by atoms with Crippen LogP contribution in [0.4, 0.5) is 0 Å². The molecule has 0 radical (unpaired) electrons. The molecule has 5 aliphatic rings. The van der Waals surface area contributed by atoms with E-state index >= 15 is 0 Å². The Morgan fingerprint density at radius 1 is 0.900 bits per heavy atom. The van der Waals surface area contributed by atoms with E-state index in [1.807, 2.05) is 7.11 Å². The topological polar surface area (TPSA) is 9.23 Å². The summed E-state index contributed by atoms with van der Waals surface area (Å²) in [5.74, 6) is 7.47. The Labute approximate surface area is 187 Å². The highest BCUT2D eigenvalue weighted by atomic mass is 16.5. The molecule has 1 nitrogen and oxygen atoms in total. The van der Waals surface area contributed by atoms with Gasteiger partial charge in [-0.1, -0.05) is 54.4 Å². The Morgan fingerprint density at radius 2 is 1.67 bits per heavy atom. The van der Waals surface area contributed by atoms with Crippen molar-refractivity contribution in [2.75, 3.05) is 7.11 Å². The highest BCUT2D eigenvalue weighted by molar-refractivity contribution is 5.26. The number of hydrogen-bond acceptors (Lipinski definition) is 1. The lowest BCUT2D eigenvalue weighted by molar-refractivity contribution is -0.161. The molecule has 172 valence electrons. The summed E-state index contributed by atoms with van der Waals surface area (Å²) in [5.41, 5.74) is 1.76. The minimum absolute atomic E-state index is 0.557. The van der Waals surface area contributed by atoms with E-state index in [9.17, 15) is 0 Å². The molecule has 0 aromatic heterocycles. The van der Waals surface area contributed by atoms with E-state index in [1.54, 1.807) is 0 Å². The van der Waals surface area contributed by atoms with E-state index < -0.39 is 0 Å². The summed E-state index contributed by atoms with van der Waals surface area (Å²) in [4.78, 5) is 0. The molecule has 0 aromatic carbocycles. The molecule has 0 aliphatic heterocycles. The van der Waals surface area contributed by atoms with Crippen LogP contribution in [0.3, 0.4) is 0 Å². The van der Waals surface area contributed by atoms with E-state index in [2.05, 4.69) is 41.5 Å². The summed E-state index contributed by atoms with van der Waals surface area (Å²) in [6.45, 7) is 15.3. The summed E-state index contributed by atoms with van der Waals surface area (Å²) in [6.07, 6.45) is 15.3. The molecule has 5 saturated carbocycles. The third-order valence-corrected chi connectivity index (χ3v) is 12.8. The van der Waals surface area contributed by atoms with Gasteiger partial charge in [-0.2, -0.15) is 0 Å². The van der Waals surface area contributed by atoms with Crippen LogP contribution in [-0.4, -0.2) is 13.2 Å². The van der Waals surface area contributed by atoms with Gasteiger partial charge < -0.3 is 4.74 Å². The molecule has 0 unspecified atom stereocenters. The normalized spacial score (nSPS) is 53.6. The molecule has 5 rings (SSSR count). The van der Waals surface area contributed by atoms with Crippen LogP contribution < -0.4 is 0 Å². The first-order valence-electron chi connectivity index (χ1n) is 13.7. The Kier molecular flexibility index (Phi) is 5.25. The zero-order valence-corrected chi connectivity index (χ0v) is 21.2. The average Bonchev–Trinajstić information content (AvgIpc) is 3.22. The van der Waals surface area contributed by atoms with Crippen LogP contribution in [0.1, 0.15) is 106 Å². The summed E-state index contributed by atoms with van der Waals surface area (Å²) in [7, 11) is 2.03. The van der Waals surface area contributed by atoms with Crippen LogP contribution in [0.25, 0.3) is 0 Å². The molecule has 11 atom stereocenters. The lowest BCUT2D eigenvalue weighted by atomic mass is 9.45. The van der Waals surface area contributed by atoms with Crippen LogP contribution >= 0.6 is 0 Å². The van der Waals surface area contributed by atoms with Gasteiger partial charge in [0.1, 0.15) is 0 Å². The van der Waals surface area contributed by atoms with E-state index in [-0.39, 0.29) is 0 Å². The Balaban J connectivity index is 1.35. The van der Waals surface area contributed by atoms with Gasteiger partial charge in [-0.25, -0.2) is 0 Å². The van der Waals surface area contributed by atoms with Crippen molar-refractivity contribution in [3.8, 4) is 0 Å². The zero-order chi connectivity index (χ0) is 21.5. The molecule has 5 fully saturated rings. The largest absolute Gasteiger partial charge is 0.381 e. The van der Waals surface area contributed by atoms with Crippen LogP contribution in [0, 0.1) is 63.6 Å². The van der Waals surface area contributed by atoms with Crippen molar-refractivity contribution < 1.29 is 4.74 Å². The average molecular weight is 415 g/mol. The quantitative estimate of drug-likeness (QED) is 0.428. The van der Waals surface area contributed by atoms with Crippen molar-refractivity contribution in [2.24, 2.45) is 63.6 Å². The van der Waals surface area contributed by atoms with Gasteiger partial charge >= 0.3 is 0 Å². The zero-order valence-electron chi connectivity index (χ0n) is 21.2. The van der Waals surface area contributed by atoms with Crippen molar-refractivity contribution >= 4 is 0 Å². The van der Waals surface area contributed by atoms with Crippen molar-refractivity contribution in [1.82, 2.24) is 0 Å². The van der Waals surface area contributed by atoms with E-state index in [0.29, 0.717) is 22.3 Å².